The van der Waals surface area contributed by atoms with Gasteiger partial charge >= 0.3 is 0 Å². The topological polar surface area (TPSA) is 76.7 Å². The minimum absolute atomic E-state index is 0.0958. The summed E-state index contributed by atoms with van der Waals surface area (Å²) in [5.41, 5.74) is 1.63. The first-order valence-electron chi connectivity index (χ1n) is 8.49. The molecule has 0 saturated heterocycles. The zero-order chi connectivity index (χ0) is 18.6. The van der Waals surface area contributed by atoms with Gasteiger partial charge in [-0.1, -0.05) is 30.3 Å². The molecule has 0 aliphatic rings. The maximum Gasteiger partial charge on any atom is 0.226 e. The van der Waals surface area contributed by atoms with Crippen LogP contribution in [0.3, 0.4) is 0 Å². The van der Waals surface area contributed by atoms with E-state index >= 15 is 0 Å². The van der Waals surface area contributed by atoms with Crippen LogP contribution in [0.15, 0.2) is 54.6 Å². The van der Waals surface area contributed by atoms with Crippen LogP contribution in [-0.2, 0) is 20.7 Å². The van der Waals surface area contributed by atoms with Gasteiger partial charge in [-0.15, -0.1) is 0 Å². The number of rotatable bonds is 10. The number of nitrogens with one attached hydrogen (secondary N) is 2. The maximum absolute atomic E-state index is 11.9. The van der Waals surface area contributed by atoms with E-state index in [1.165, 1.54) is 0 Å². The number of carbonyl (C=O) groups excluding carboxylic acids is 2. The second-order valence-corrected chi connectivity index (χ2v) is 5.68. The molecule has 138 valence electrons. The van der Waals surface area contributed by atoms with Gasteiger partial charge < -0.3 is 20.1 Å². The van der Waals surface area contributed by atoms with Crippen LogP contribution in [0.5, 0.6) is 5.75 Å². The maximum atomic E-state index is 11.9. The van der Waals surface area contributed by atoms with E-state index in [2.05, 4.69) is 10.6 Å². The summed E-state index contributed by atoms with van der Waals surface area (Å²) in [5.74, 6) is 0.466. The number of amides is 2. The van der Waals surface area contributed by atoms with Crippen LogP contribution in [0, 0.1) is 0 Å². The Labute approximate surface area is 153 Å². The number of methoxy groups -OCH3 is 1. The molecule has 0 fully saturated rings. The molecule has 0 aliphatic carbocycles. The third-order valence-electron chi connectivity index (χ3n) is 3.58. The van der Waals surface area contributed by atoms with Crippen molar-refractivity contribution in [3.63, 3.8) is 0 Å². The molecular formula is C20H24N2O4. The van der Waals surface area contributed by atoms with Crippen LogP contribution in [0.2, 0.25) is 0 Å². The Balaban J connectivity index is 1.66. The number of carbonyl (C=O) groups is 2. The molecule has 0 unspecified atom stereocenters. The summed E-state index contributed by atoms with van der Waals surface area (Å²) in [6.45, 7) is 1.30. The number of anilines is 1. The van der Waals surface area contributed by atoms with E-state index in [1.807, 2.05) is 30.3 Å². The normalized spacial score (nSPS) is 10.2. The molecule has 2 N–H and O–H groups in total. The zero-order valence-electron chi connectivity index (χ0n) is 14.9. The van der Waals surface area contributed by atoms with Crippen molar-refractivity contribution >= 4 is 17.5 Å². The fourth-order valence-electron chi connectivity index (χ4n) is 2.26. The Morgan fingerprint density at radius 3 is 2.35 bits per heavy atom. The minimum Gasteiger partial charge on any atom is -0.491 e. The van der Waals surface area contributed by atoms with E-state index in [9.17, 15) is 9.59 Å². The Morgan fingerprint density at radius 1 is 0.923 bits per heavy atom. The molecule has 6 heteroatoms. The average Bonchev–Trinajstić information content (AvgIpc) is 2.64. The minimum atomic E-state index is -0.155. The highest BCUT2D eigenvalue weighted by Crippen LogP contribution is 2.15. The quantitative estimate of drug-likeness (QED) is 0.641. The smallest absolute Gasteiger partial charge is 0.226 e. The van der Waals surface area contributed by atoms with Crippen molar-refractivity contribution in [2.75, 3.05) is 32.2 Å². The summed E-state index contributed by atoms with van der Waals surface area (Å²) in [6.07, 6.45) is 0.527. The molecule has 2 rings (SSSR count). The average molecular weight is 356 g/mol. The second kappa shape index (κ2) is 10.9. The molecule has 0 saturated carbocycles. The van der Waals surface area contributed by atoms with Crippen molar-refractivity contribution in [2.45, 2.75) is 12.8 Å². The highest BCUT2D eigenvalue weighted by molar-refractivity contribution is 5.91. The van der Waals surface area contributed by atoms with Crippen LogP contribution in [-0.4, -0.2) is 38.7 Å². The molecule has 0 bridgehead atoms. The van der Waals surface area contributed by atoms with Gasteiger partial charge in [-0.2, -0.15) is 0 Å². The first-order valence-corrected chi connectivity index (χ1v) is 8.49. The van der Waals surface area contributed by atoms with Gasteiger partial charge in [0.2, 0.25) is 11.8 Å². The van der Waals surface area contributed by atoms with Crippen molar-refractivity contribution < 1.29 is 19.1 Å². The summed E-state index contributed by atoms with van der Waals surface area (Å²) in [6, 6.07) is 16.6. The highest BCUT2D eigenvalue weighted by Gasteiger charge is 2.06. The van der Waals surface area contributed by atoms with Crippen molar-refractivity contribution in [1.29, 1.82) is 0 Å². The van der Waals surface area contributed by atoms with Crippen LogP contribution in [0.1, 0.15) is 12.0 Å². The number of ether oxygens (including phenoxy) is 2. The van der Waals surface area contributed by atoms with Crippen molar-refractivity contribution in [1.82, 2.24) is 5.32 Å². The Kier molecular flexibility index (Phi) is 8.15. The van der Waals surface area contributed by atoms with Gasteiger partial charge in [-0.3, -0.25) is 9.59 Å². The molecule has 0 aliphatic heterocycles. The summed E-state index contributed by atoms with van der Waals surface area (Å²) < 4.78 is 10.4. The molecular weight excluding hydrogens is 332 g/mol. The standard InChI is InChI=1S/C20H24N2O4/c1-25-13-14-26-18-9-7-17(8-10-18)22-19(23)11-12-21-20(24)15-16-5-3-2-4-6-16/h2-10H,11-15H2,1H3,(H,21,24)(H,22,23). The SMILES string of the molecule is COCCOc1ccc(NC(=O)CCNC(=O)Cc2ccccc2)cc1. The molecule has 0 atom stereocenters. The van der Waals surface area contributed by atoms with E-state index in [1.54, 1.807) is 31.4 Å². The molecule has 0 spiro atoms. The van der Waals surface area contributed by atoms with Crippen molar-refractivity contribution in [3.8, 4) is 5.75 Å². The van der Waals surface area contributed by atoms with Gasteiger partial charge in [-0.05, 0) is 29.8 Å². The van der Waals surface area contributed by atoms with E-state index in [4.69, 9.17) is 9.47 Å². The Bertz CT molecular complexity index is 687. The third-order valence-corrected chi connectivity index (χ3v) is 3.58. The van der Waals surface area contributed by atoms with Crippen molar-refractivity contribution in [2.24, 2.45) is 0 Å². The van der Waals surface area contributed by atoms with Gasteiger partial charge in [0.15, 0.2) is 0 Å². The number of hydrogen-bond acceptors (Lipinski definition) is 4. The molecule has 0 radical (unpaired) electrons. The van der Waals surface area contributed by atoms with E-state index < -0.39 is 0 Å². The molecule has 2 aromatic carbocycles. The Hall–Kier alpha value is -2.86. The number of hydrogen-bond donors (Lipinski definition) is 2. The van der Waals surface area contributed by atoms with Gasteiger partial charge in [0.05, 0.1) is 13.0 Å². The summed E-state index contributed by atoms with van der Waals surface area (Å²) in [5, 5.41) is 5.54. The second-order valence-electron chi connectivity index (χ2n) is 5.68. The Morgan fingerprint density at radius 2 is 1.65 bits per heavy atom. The lowest BCUT2D eigenvalue weighted by Crippen LogP contribution is -2.28. The fraction of sp³-hybridized carbons (Fsp3) is 0.300. The van der Waals surface area contributed by atoms with Crippen LogP contribution >= 0.6 is 0 Å². The highest BCUT2D eigenvalue weighted by atomic mass is 16.5. The molecule has 0 heterocycles. The molecule has 26 heavy (non-hydrogen) atoms. The van der Waals surface area contributed by atoms with Crippen LogP contribution in [0.4, 0.5) is 5.69 Å². The van der Waals surface area contributed by atoms with Gasteiger partial charge in [-0.25, -0.2) is 0 Å². The van der Waals surface area contributed by atoms with E-state index in [-0.39, 0.29) is 18.2 Å². The van der Waals surface area contributed by atoms with E-state index in [0.29, 0.717) is 37.6 Å². The largest absolute Gasteiger partial charge is 0.491 e. The first-order chi connectivity index (χ1) is 12.7. The zero-order valence-corrected chi connectivity index (χ0v) is 14.9. The summed E-state index contributed by atoms with van der Waals surface area (Å²) in [7, 11) is 1.62. The fourth-order valence-corrected chi connectivity index (χ4v) is 2.26. The van der Waals surface area contributed by atoms with Gasteiger partial charge in [0.1, 0.15) is 12.4 Å². The van der Waals surface area contributed by atoms with Gasteiger partial charge in [0, 0.05) is 25.8 Å². The lowest BCUT2D eigenvalue weighted by Gasteiger charge is -2.09. The van der Waals surface area contributed by atoms with Gasteiger partial charge in [0.25, 0.3) is 0 Å². The third kappa shape index (κ3) is 7.36. The predicted octanol–water partition coefficient (Wildman–Crippen LogP) is 2.40. The summed E-state index contributed by atoms with van der Waals surface area (Å²) >= 11 is 0. The first kappa shape index (κ1) is 19.5. The predicted molar refractivity (Wildman–Crippen MR) is 100 cm³/mol. The summed E-state index contributed by atoms with van der Waals surface area (Å²) in [4.78, 5) is 23.8. The lowest BCUT2D eigenvalue weighted by atomic mass is 10.1. The van der Waals surface area contributed by atoms with Crippen molar-refractivity contribution in [3.05, 3.63) is 60.2 Å². The molecule has 0 aromatic heterocycles. The molecule has 6 nitrogen and oxygen atoms in total. The molecule has 2 amide bonds. The van der Waals surface area contributed by atoms with Crippen LogP contribution in [0.25, 0.3) is 0 Å². The lowest BCUT2D eigenvalue weighted by molar-refractivity contribution is -0.120. The molecule has 2 aromatic rings. The van der Waals surface area contributed by atoms with Crippen LogP contribution < -0.4 is 15.4 Å². The number of benzene rings is 2. The van der Waals surface area contributed by atoms with E-state index in [0.717, 1.165) is 5.56 Å². The monoisotopic (exact) mass is 356 g/mol.